The molecule has 1 aromatic heterocycles. The zero-order chi connectivity index (χ0) is 6.85. The summed E-state index contributed by atoms with van der Waals surface area (Å²) < 4.78 is 0.913. The zero-order valence-corrected chi connectivity index (χ0v) is 7.66. The number of anilines is 1. The van der Waals surface area contributed by atoms with E-state index in [1.807, 2.05) is 24.4 Å². The summed E-state index contributed by atoms with van der Waals surface area (Å²) in [6.07, 6.45) is 0. The molecule has 0 unspecified atom stereocenters. The Morgan fingerprint density at radius 1 is 1.67 bits per heavy atom. The van der Waals surface area contributed by atoms with E-state index in [-0.39, 0.29) is 0 Å². The quantitative estimate of drug-likeness (QED) is 0.699. The second-order valence-electron chi connectivity index (χ2n) is 1.85. The minimum atomic E-state index is 0.913. The van der Waals surface area contributed by atoms with Crippen molar-refractivity contribution in [3.63, 3.8) is 0 Å². The first-order chi connectivity index (χ1) is 4.20. The Bertz CT molecular complexity index is 197. The minimum Gasteiger partial charge on any atom is -0.354 e. The van der Waals surface area contributed by atoms with E-state index in [9.17, 15) is 0 Å². The lowest BCUT2D eigenvalue weighted by molar-refractivity contribution is 1.10. The summed E-state index contributed by atoms with van der Waals surface area (Å²) in [6, 6.07) is 0. The van der Waals surface area contributed by atoms with Crippen LogP contribution in [0.15, 0.2) is 9.98 Å². The van der Waals surface area contributed by atoms with Gasteiger partial charge in [-0.3, -0.25) is 0 Å². The van der Waals surface area contributed by atoms with Crippen molar-refractivity contribution in [2.24, 2.45) is 0 Å². The Hall–Kier alpha value is -0.0900. The van der Waals surface area contributed by atoms with Gasteiger partial charge in [0.05, 0.1) is 0 Å². The lowest BCUT2D eigenvalue weighted by Gasteiger charge is -2.04. The topological polar surface area (TPSA) is 16.1 Å². The third kappa shape index (κ3) is 1.66. The molecule has 2 nitrogen and oxygen atoms in total. The molecule has 0 bridgehead atoms. The second-order valence-corrected chi connectivity index (χ2v) is 3.50. The van der Waals surface area contributed by atoms with Gasteiger partial charge in [-0.05, 0) is 15.9 Å². The van der Waals surface area contributed by atoms with Crippen LogP contribution >= 0.6 is 27.3 Å². The Morgan fingerprint density at radius 2 is 2.33 bits per heavy atom. The van der Waals surface area contributed by atoms with Crippen molar-refractivity contribution in [2.45, 2.75) is 0 Å². The first kappa shape index (κ1) is 7.02. The van der Waals surface area contributed by atoms with E-state index in [2.05, 4.69) is 20.9 Å². The number of halogens is 1. The molecule has 0 aliphatic rings. The van der Waals surface area contributed by atoms with E-state index in [0.717, 1.165) is 9.73 Å². The van der Waals surface area contributed by atoms with Gasteiger partial charge in [0.1, 0.15) is 4.60 Å². The summed E-state index contributed by atoms with van der Waals surface area (Å²) >= 11 is 4.90. The maximum absolute atomic E-state index is 4.17. The van der Waals surface area contributed by atoms with Crippen LogP contribution in [0.2, 0.25) is 0 Å². The number of hydrogen-bond acceptors (Lipinski definition) is 3. The van der Waals surface area contributed by atoms with Crippen LogP contribution in [0.4, 0.5) is 5.13 Å². The summed E-state index contributed by atoms with van der Waals surface area (Å²) in [7, 11) is 3.95. The molecule has 1 aromatic rings. The number of thiazole rings is 1. The molecule has 0 aromatic carbocycles. The number of rotatable bonds is 1. The van der Waals surface area contributed by atoms with E-state index in [1.54, 1.807) is 11.3 Å². The maximum atomic E-state index is 4.17. The summed E-state index contributed by atoms with van der Waals surface area (Å²) in [5.41, 5.74) is 0. The van der Waals surface area contributed by atoms with Crippen molar-refractivity contribution >= 4 is 32.4 Å². The first-order valence-corrected chi connectivity index (χ1v) is 4.16. The van der Waals surface area contributed by atoms with Crippen molar-refractivity contribution in [3.05, 3.63) is 9.98 Å². The van der Waals surface area contributed by atoms with Crippen molar-refractivity contribution in [1.29, 1.82) is 0 Å². The van der Waals surface area contributed by atoms with Crippen LogP contribution in [0, 0.1) is 0 Å². The van der Waals surface area contributed by atoms with Gasteiger partial charge in [-0.25, -0.2) is 4.98 Å². The Kier molecular flexibility index (Phi) is 2.08. The fraction of sp³-hybridized carbons (Fsp3) is 0.400. The van der Waals surface area contributed by atoms with Crippen LogP contribution < -0.4 is 4.90 Å². The third-order valence-electron chi connectivity index (χ3n) is 0.847. The molecule has 4 heteroatoms. The van der Waals surface area contributed by atoms with Crippen molar-refractivity contribution in [3.8, 4) is 0 Å². The third-order valence-corrected chi connectivity index (χ3v) is 2.56. The van der Waals surface area contributed by atoms with Gasteiger partial charge in [-0.15, -0.1) is 11.3 Å². The van der Waals surface area contributed by atoms with Crippen LogP contribution in [0.5, 0.6) is 0 Å². The lowest BCUT2D eigenvalue weighted by atomic mass is 10.9. The summed E-state index contributed by atoms with van der Waals surface area (Å²) in [6.45, 7) is 0. The van der Waals surface area contributed by atoms with Crippen LogP contribution in [-0.2, 0) is 0 Å². The van der Waals surface area contributed by atoms with Crippen LogP contribution in [0.3, 0.4) is 0 Å². The van der Waals surface area contributed by atoms with E-state index < -0.39 is 0 Å². The monoisotopic (exact) mass is 206 g/mol. The van der Waals surface area contributed by atoms with Crippen molar-refractivity contribution in [1.82, 2.24) is 4.98 Å². The van der Waals surface area contributed by atoms with E-state index in [4.69, 9.17) is 0 Å². The Labute approximate surface area is 66.6 Å². The zero-order valence-electron chi connectivity index (χ0n) is 5.26. The van der Waals surface area contributed by atoms with Crippen LogP contribution in [0.1, 0.15) is 0 Å². The molecule has 0 atom stereocenters. The fourth-order valence-electron chi connectivity index (χ4n) is 0.451. The molecule has 1 heterocycles. The molecular weight excluding hydrogens is 200 g/mol. The van der Waals surface area contributed by atoms with Gasteiger partial charge in [0.25, 0.3) is 0 Å². The summed E-state index contributed by atoms with van der Waals surface area (Å²) in [5, 5.41) is 3.00. The van der Waals surface area contributed by atoms with Crippen LogP contribution in [-0.4, -0.2) is 19.1 Å². The molecule has 0 amide bonds. The predicted octanol–water partition coefficient (Wildman–Crippen LogP) is 1.97. The van der Waals surface area contributed by atoms with Gasteiger partial charge in [0.2, 0.25) is 0 Å². The molecule has 0 spiro atoms. The van der Waals surface area contributed by atoms with Crippen molar-refractivity contribution in [2.75, 3.05) is 19.0 Å². The van der Waals surface area contributed by atoms with Gasteiger partial charge in [-0.1, -0.05) is 0 Å². The standard InChI is InChI=1S/C5H7BrN2S/c1-8(2)5-7-4(6)3-9-5/h3H,1-2H3. The smallest absolute Gasteiger partial charge is 0.185 e. The molecule has 0 aliphatic heterocycles. The number of hydrogen-bond donors (Lipinski definition) is 0. The highest BCUT2D eigenvalue weighted by Crippen LogP contribution is 2.20. The van der Waals surface area contributed by atoms with Gasteiger partial charge in [-0.2, -0.15) is 0 Å². The Balaban J connectivity index is 2.85. The summed E-state index contributed by atoms with van der Waals surface area (Å²) in [5.74, 6) is 0. The second kappa shape index (κ2) is 2.66. The average Bonchev–Trinajstić information content (AvgIpc) is 2.14. The predicted molar refractivity (Wildman–Crippen MR) is 44.1 cm³/mol. The minimum absolute atomic E-state index is 0.913. The molecule has 0 saturated carbocycles. The average molecular weight is 207 g/mol. The molecular formula is C5H7BrN2S. The highest BCUT2D eigenvalue weighted by Gasteiger charge is 1.98. The molecule has 0 N–H and O–H groups in total. The van der Waals surface area contributed by atoms with Gasteiger partial charge < -0.3 is 4.90 Å². The first-order valence-electron chi connectivity index (χ1n) is 2.48. The molecule has 0 aliphatic carbocycles. The largest absolute Gasteiger partial charge is 0.354 e. The highest BCUT2D eigenvalue weighted by atomic mass is 79.9. The van der Waals surface area contributed by atoms with E-state index >= 15 is 0 Å². The summed E-state index contributed by atoms with van der Waals surface area (Å²) in [4.78, 5) is 6.15. The normalized spacial score (nSPS) is 9.67. The molecule has 0 fully saturated rings. The lowest BCUT2D eigenvalue weighted by Crippen LogP contribution is -2.07. The van der Waals surface area contributed by atoms with Crippen molar-refractivity contribution < 1.29 is 0 Å². The van der Waals surface area contributed by atoms with E-state index in [0.29, 0.717) is 0 Å². The molecule has 9 heavy (non-hydrogen) atoms. The highest BCUT2D eigenvalue weighted by molar-refractivity contribution is 9.10. The number of aromatic nitrogens is 1. The molecule has 0 saturated heterocycles. The van der Waals surface area contributed by atoms with E-state index in [1.165, 1.54) is 0 Å². The number of nitrogens with zero attached hydrogens (tertiary/aromatic N) is 2. The maximum Gasteiger partial charge on any atom is 0.185 e. The Morgan fingerprint density at radius 3 is 2.56 bits per heavy atom. The van der Waals surface area contributed by atoms with Gasteiger partial charge >= 0.3 is 0 Å². The molecule has 50 valence electrons. The SMILES string of the molecule is CN(C)c1nc(Br)cs1. The van der Waals surface area contributed by atoms with Gasteiger partial charge in [0.15, 0.2) is 5.13 Å². The van der Waals surface area contributed by atoms with Crippen LogP contribution in [0.25, 0.3) is 0 Å². The molecule has 0 radical (unpaired) electrons. The fourth-order valence-corrected chi connectivity index (χ4v) is 1.63. The molecule has 1 rings (SSSR count). The van der Waals surface area contributed by atoms with Gasteiger partial charge in [0, 0.05) is 19.5 Å².